The number of piperidine rings is 1. The van der Waals surface area contributed by atoms with E-state index in [2.05, 4.69) is 17.2 Å². The summed E-state index contributed by atoms with van der Waals surface area (Å²) in [5.41, 5.74) is -0.175. The minimum Gasteiger partial charge on any atom is -0.338 e. The van der Waals surface area contributed by atoms with Crippen LogP contribution < -0.4 is 5.32 Å². The van der Waals surface area contributed by atoms with E-state index < -0.39 is 0 Å². The summed E-state index contributed by atoms with van der Waals surface area (Å²) in [6.45, 7) is 4.58. The third-order valence-electron chi connectivity index (χ3n) is 4.34. The Hall–Kier alpha value is -1.36. The minimum atomic E-state index is -0.175. The van der Waals surface area contributed by atoms with Crippen LogP contribution >= 0.6 is 0 Å². The summed E-state index contributed by atoms with van der Waals surface area (Å²) in [5, 5.41) is 3.34. The lowest BCUT2D eigenvalue weighted by atomic mass is 9.75. The molecule has 1 N–H and O–H groups in total. The summed E-state index contributed by atoms with van der Waals surface area (Å²) >= 11 is 0. The van der Waals surface area contributed by atoms with E-state index in [1.54, 1.807) is 6.20 Å². The van der Waals surface area contributed by atoms with Gasteiger partial charge in [-0.2, -0.15) is 0 Å². The molecule has 1 fully saturated rings. The normalized spacial score (nSPS) is 18.3. The van der Waals surface area contributed by atoms with Crippen molar-refractivity contribution in [1.82, 2.24) is 19.8 Å². The zero-order valence-electron chi connectivity index (χ0n) is 12.1. The number of aromatic nitrogens is 2. The molecule has 0 aliphatic carbocycles. The second-order valence-corrected chi connectivity index (χ2v) is 5.50. The Bertz CT molecular complexity index is 434. The molecule has 1 saturated heterocycles. The first-order chi connectivity index (χ1) is 9.09. The van der Waals surface area contributed by atoms with Gasteiger partial charge in [0.2, 0.25) is 5.91 Å². The van der Waals surface area contributed by atoms with E-state index in [0.29, 0.717) is 6.54 Å². The topological polar surface area (TPSA) is 50.2 Å². The first-order valence-corrected chi connectivity index (χ1v) is 7.01. The molecule has 5 heteroatoms. The fraction of sp³-hybridized carbons (Fsp3) is 0.714. The maximum absolute atomic E-state index is 12.7. The van der Waals surface area contributed by atoms with E-state index in [0.717, 1.165) is 38.2 Å². The van der Waals surface area contributed by atoms with Crippen molar-refractivity contribution in [2.24, 2.45) is 12.5 Å². The van der Waals surface area contributed by atoms with Gasteiger partial charge < -0.3 is 14.8 Å². The standard InChI is InChI=1S/C14H24N4O/c1-4-14(5-7-15-8-6-14)13(19)18(3)11-12-16-9-10-17(12)2/h9-10,15H,4-8,11H2,1-3H3. The number of nitrogens with one attached hydrogen (secondary N) is 1. The second-order valence-electron chi connectivity index (χ2n) is 5.50. The first kappa shape index (κ1) is 14.1. The Morgan fingerprint density at radius 1 is 1.53 bits per heavy atom. The number of carbonyl (C=O) groups is 1. The molecule has 2 rings (SSSR count). The molecule has 5 nitrogen and oxygen atoms in total. The molecule has 1 aromatic rings. The van der Waals surface area contributed by atoms with Gasteiger partial charge in [-0.3, -0.25) is 4.79 Å². The van der Waals surface area contributed by atoms with Gasteiger partial charge in [0.15, 0.2) is 0 Å². The van der Waals surface area contributed by atoms with E-state index in [9.17, 15) is 4.79 Å². The van der Waals surface area contributed by atoms with Crippen LogP contribution in [-0.2, 0) is 18.4 Å². The molecule has 0 bridgehead atoms. The molecule has 1 aliphatic heterocycles. The van der Waals surface area contributed by atoms with E-state index in [-0.39, 0.29) is 11.3 Å². The summed E-state index contributed by atoms with van der Waals surface area (Å²) < 4.78 is 1.96. The van der Waals surface area contributed by atoms with E-state index >= 15 is 0 Å². The van der Waals surface area contributed by atoms with Crippen molar-refractivity contribution in [3.8, 4) is 0 Å². The van der Waals surface area contributed by atoms with Crippen LogP contribution in [-0.4, -0.2) is 40.5 Å². The molecular formula is C14H24N4O. The molecular weight excluding hydrogens is 240 g/mol. The average molecular weight is 264 g/mol. The molecule has 0 atom stereocenters. The number of nitrogens with zero attached hydrogens (tertiary/aromatic N) is 3. The van der Waals surface area contributed by atoms with Gasteiger partial charge >= 0.3 is 0 Å². The van der Waals surface area contributed by atoms with Crippen molar-refractivity contribution in [3.05, 3.63) is 18.2 Å². The Balaban J connectivity index is 2.07. The Labute approximate surface area is 115 Å². The summed E-state index contributed by atoms with van der Waals surface area (Å²) in [7, 11) is 3.84. The van der Waals surface area contributed by atoms with Crippen LogP contribution in [0, 0.1) is 5.41 Å². The van der Waals surface area contributed by atoms with Crippen LogP contribution in [0.25, 0.3) is 0 Å². The quantitative estimate of drug-likeness (QED) is 0.888. The lowest BCUT2D eigenvalue weighted by Crippen LogP contribution is -2.47. The number of rotatable bonds is 4. The molecule has 1 aliphatic rings. The number of hydrogen-bond donors (Lipinski definition) is 1. The predicted molar refractivity (Wildman–Crippen MR) is 74.5 cm³/mol. The van der Waals surface area contributed by atoms with Crippen LogP contribution in [0.5, 0.6) is 0 Å². The molecule has 0 aromatic carbocycles. The van der Waals surface area contributed by atoms with Gasteiger partial charge in [-0.05, 0) is 32.4 Å². The van der Waals surface area contributed by atoms with Gasteiger partial charge in [-0.1, -0.05) is 6.92 Å². The van der Waals surface area contributed by atoms with Crippen molar-refractivity contribution < 1.29 is 4.79 Å². The van der Waals surface area contributed by atoms with Crippen molar-refractivity contribution in [2.45, 2.75) is 32.7 Å². The highest BCUT2D eigenvalue weighted by molar-refractivity contribution is 5.82. The highest BCUT2D eigenvalue weighted by Crippen LogP contribution is 2.34. The summed E-state index contributed by atoms with van der Waals surface area (Å²) in [6, 6.07) is 0. The molecule has 19 heavy (non-hydrogen) atoms. The number of aryl methyl sites for hydroxylation is 1. The van der Waals surface area contributed by atoms with Gasteiger partial charge in [-0.25, -0.2) is 4.98 Å². The zero-order valence-corrected chi connectivity index (χ0v) is 12.1. The monoisotopic (exact) mass is 264 g/mol. The molecule has 106 valence electrons. The van der Waals surface area contributed by atoms with Crippen LogP contribution in [0.4, 0.5) is 0 Å². The van der Waals surface area contributed by atoms with Gasteiger partial charge in [0.25, 0.3) is 0 Å². The average Bonchev–Trinajstić information content (AvgIpc) is 2.84. The highest BCUT2D eigenvalue weighted by Gasteiger charge is 2.39. The lowest BCUT2D eigenvalue weighted by molar-refractivity contribution is -0.143. The maximum atomic E-state index is 12.7. The van der Waals surface area contributed by atoms with Crippen LogP contribution in [0.15, 0.2) is 12.4 Å². The maximum Gasteiger partial charge on any atom is 0.229 e. The van der Waals surface area contributed by atoms with E-state index in [1.165, 1.54) is 0 Å². The van der Waals surface area contributed by atoms with E-state index in [4.69, 9.17) is 0 Å². The van der Waals surface area contributed by atoms with Gasteiger partial charge in [0, 0.05) is 26.5 Å². The number of amides is 1. The molecule has 1 aromatic heterocycles. The number of hydrogen-bond acceptors (Lipinski definition) is 3. The van der Waals surface area contributed by atoms with Crippen LogP contribution in [0.1, 0.15) is 32.0 Å². The second kappa shape index (κ2) is 5.74. The summed E-state index contributed by atoms with van der Waals surface area (Å²) in [5.74, 6) is 1.19. The van der Waals surface area contributed by atoms with Gasteiger partial charge in [0.1, 0.15) is 5.82 Å². The highest BCUT2D eigenvalue weighted by atomic mass is 16.2. The molecule has 0 spiro atoms. The Morgan fingerprint density at radius 2 is 2.21 bits per heavy atom. The Morgan fingerprint density at radius 3 is 2.74 bits per heavy atom. The van der Waals surface area contributed by atoms with Crippen LogP contribution in [0.3, 0.4) is 0 Å². The molecule has 0 radical (unpaired) electrons. The molecule has 2 heterocycles. The fourth-order valence-corrected chi connectivity index (χ4v) is 2.86. The zero-order chi connectivity index (χ0) is 13.9. The summed E-state index contributed by atoms with van der Waals surface area (Å²) in [6.07, 6.45) is 6.47. The SMILES string of the molecule is CCC1(C(=O)N(C)Cc2nccn2C)CCNCC1. The predicted octanol–water partition coefficient (Wildman–Crippen LogP) is 1.16. The lowest BCUT2D eigenvalue weighted by Gasteiger charge is -2.38. The third-order valence-corrected chi connectivity index (χ3v) is 4.34. The number of imidazole rings is 1. The molecule has 0 saturated carbocycles. The number of carbonyl (C=O) groups excluding carboxylic acids is 1. The Kier molecular flexibility index (Phi) is 4.24. The molecule has 0 unspecified atom stereocenters. The smallest absolute Gasteiger partial charge is 0.229 e. The largest absolute Gasteiger partial charge is 0.338 e. The van der Waals surface area contributed by atoms with Crippen molar-refractivity contribution in [3.63, 3.8) is 0 Å². The van der Waals surface area contributed by atoms with Crippen molar-refractivity contribution in [1.29, 1.82) is 0 Å². The van der Waals surface area contributed by atoms with E-state index in [1.807, 2.05) is 29.8 Å². The fourth-order valence-electron chi connectivity index (χ4n) is 2.86. The summed E-state index contributed by atoms with van der Waals surface area (Å²) in [4.78, 5) is 18.9. The van der Waals surface area contributed by atoms with Crippen molar-refractivity contribution in [2.75, 3.05) is 20.1 Å². The van der Waals surface area contributed by atoms with Crippen LogP contribution in [0.2, 0.25) is 0 Å². The minimum absolute atomic E-state index is 0.175. The van der Waals surface area contributed by atoms with Gasteiger partial charge in [0.05, 0.1) is 12.0 Å². The van der Waals surface area contributed by atoms with Crippen molar-refractivity contribution >= 4 is 5.91 Å². The van der Waals surface area contributed by atoms with Gasteiger partial charge in [-0.15, -0.1) is 0 Å². The first-order valence-electron chi connectivity index (χ1n) is 7.01. The molecule has 1 amide bonds. The third kappa shape index (κ3) is 2.81.